The highest BCUT2D eigenvalue weighted by Crippen LogP contribution is 2.60. The van der Waals surface area contributed by atoms with Crippen molar-refractivity contribution in [2.75, 3.05) is 13.2 Å². The van der Waals surface area contributed by atoms with Crippen molar-refractivity contribution < 1.29 is 13.6 Å². The first-order valence-corrected chi connectivity index (χ1v) is 9.10. The molecular formula is C15H19N4O3P. The summed E-state index contributed by atoms with van der Waals surface area (Å²) < 4.78 is 26.1. The Morgan fingerprint density at radius 2 is 2.00 bits per heavy atom. The zero-order chi connectivity index (χ0) is 16.3. The van der Waals surface area contributed by atoms with Crippen LogP contribution < -0.4 is 0 Å². The minimum Gasteiger partial charge on any atom is -0.340 e. The van der Waals surface area contributed by atoms with Gasteiger partial charge in [-0.15, -0.1) is 0 Å². The molecule has 0 radical (unpaired) electrons. The van der Waals surface area contributed by atoms with Crippen LogP contribution in [0, 0.1) is 0 Å². The van der Waals surface area contributed by atoms with Crippen molar-refractivity contribution in [2.24, 2.45) is 0 Å². The normalized spacial score (nSPS) is 13.5. The molecule has 7 nitrogen and oxygen atoms in total. The zero-order valence-electron chi connectivity index (χ0n) is 13.0. The van der Waals surface area contributed by atoms with Gasteiger partial charge < -0.3 is 18.6 Å². The van der Waals surface area contributed by atoms with Crippen molar-refractivity contribution in [1.82, 2.24) is 19.5 Å². The number of para-hydroxylation sites is 2. The average molecular weight is 334 g/mol. The van der Waals surface area contributed by atoms with Gasteiger partial charge in [0.15, 0.2) is 5.78 Å². The molecule has 0 aliphatic carbocycles. The predicted octanol–water partition coefficient (Wildman–Crippen LogP) is 3.57. The minimum atomic E-state index is -3.47. The van der Waals surface area contributed by atoms with Crippen molar-refractivity contribution in [3.63, 3.8) is 0 Å². The van der Waals surface area contributed by atoms with Crippen LogP contribution in [0.1, 0.15) is 25.5 Å². The Bertz CT molecular complexity index is 772. The van der Waals surface area contributed by atoms with E-state index in [1.807, 2.05) is 24.3 Å². The quantitative estimate of drug-likeness (QED) is 0.668. The molecule has 0 amide bonds. The molecule has 122 valence electrons. The Balaban J connectivity index is 2.13. The van der Waals surface area contributed by atoms with Crippen LogP contribution in [-0.4, -0.2) is 32.7 Å². The van der Waals surface area contributed by atoms with Gasteiger partial charge in [0, 0.05) is 12.4 Å². The molecule has 1 aromatic carbocycles. The summed E-state index contributed by atoms with van der Waals surface area (Å²) in [4.78, 5) is 11.8. The van der Waals surface area contributed by atoms with E-state index in [0.29, 0.717) is 5.82 Å². The van der Waals surface area contributed by atoms with Gasteiger partial charge in [0.2, 0.25) is 0 Å². The second-order valence-electron chi connectivity index (χ2n) is 4.90. The maximum Gasteiger partial charge on any atom is 0.361 e. The monoisotopic (exact) mass is 334 g/mol. The Morgan fingerprint density at radius 1 is 1.26 bits per heavy atom. The largest absolute Gasteiger partial charge is 0.361 e. The molecule has 23 heavy (non-hydrogen) atoms. The number of aromatic amines is 1. The molecule has 0 spiro atoms. The van der Waals surface area contributed by atoms with Gasteiger partial charge >= 0.3 is 7.60 Å². The average Bonchev–Trinajstić information content (AvgIpc) is 3.17. The molecule has 0 aliphatic heterocycles. The lowest BCUT2D eigenvalue weighted by atomic mass is 10.3. The topological polar surface area (TPSA) is 82.0 Å². The molecule has 0 saturated heterocycles. The number of aromatic nitrogens is 4. The molecular weight excluding hydrogens is 315 g/mol. The van der Waals surface area contributed by atoms with Gasteiger partial charge in [-0.1, -0.05) is 12.1 Å². The third kappa shape index (κ3) is 3.08. The molecule has 2 aromatic heterocycles. The van der Waals surface area contributed by atoms with Crippen LogP contribution in [0.25, 0.3) is 11.0 Å². The molecule has 1 N–H and O–H groups in total. The maximum atomic E-state index is 13.3. The first-order chi connectivity index (χ1) is 11.2. The highest BCUT2D eigenvalue weighted by Gasteiger charge is 2.40. The van der Waals surface area contributed by atoms with Gasteiger partial charge in [0.25, 0.3) is 0 Å². The Hall–Kier alpha value is -1.95. The number of hydrogen-bond donors (Lipinski definition) is 1. The fourth-order valence-electron chi connectivity index (χ4n) is 2.50. The van der Waals surface area contributed by atoms with Crippen LogP contribution in [0.5, 0.6) is 0 Å². The summed E-state index contributed by atoms with van der Waals surface area (Å²) in [5, 5.41) is 0. The minimum absolute atomic E-state index is 0.280. The summed E-state index contributed by atoms with van der Waals surface area (Å²) >= 11 is 0. The molecule has 2 heterocycles. The van der Waals surface area contributed by atoms with Crippen molar-refractivity contribution in [3.05, 3.63) is 48.8 Å². The molecule has 1 atom stereocenters. The summed E-state index contributed by atoms with van der Waals surface area (Å²) in [7, 11) is -3.47. The van der Waals surface area contributed by atoms with E-state index in [0.717, 1.165) is 11.0 Å². The van der Waals surface area contributed by atoms with Crippen LogP contribution >= 0.6 is 7.60 Å². The molecule has 3 aromatic rings. The molecule has 0 fully saturated rings. The number of hydrogen-bond acceptors (Lipinski definition) is 5. The lowest BCUT2D eigenvalue weighted by Gasteiger charge is -2.25. The first-order valence-electron chi connectivity index (χ1n) is 7.49. The number of imidazole rings is 2. The lowest BCUT2D eigenvalue weighted by molar-refractivity contribution is 0.207. The lowest BCUT2D eigenvalue weighted by Crippen LogP contribution is -2.15. The first kappa shape index (κ1) is 15.9. The molecule has 8 heteroatoms. The fourth-order valence-corrected chi connectivity index (χ4v) is 4.46. The summed E-state index contributed by atoms with van der Waals surface area (Å²) in [5.41, 5.74) is 1.67. The number of H-pyrrole nitrogens is 1. The summed E-state index contributed by atoms with van der Waals surface area (Å²) in [6.45, 7) is 4.13. The van der Waals surface area contributed by atoms with Gasteiger partial charge in [0.05, 0.1) is 30.6 Å². The summed E-state index contributed by atoms with van der Waals surface area (Å²) in [5.74, 6) is -0.188. The second kappa shape index (κ2) is 6.66. The standard InChI is InChI=1S/C15H19N4O3P/c1-3-21-23(20,22-4-2)15(19-10-9-16-11-19)14-17-12-7-5-6-8-13(12)18-14/h5-11,15H,3-4H2,1-2H3,(H,17,18). The molecule has 0 saturated carbocycles. The number of benzene rings is 1. The Labute approximate surface area is 134 Å². The van der Waals surface area contributed by atoms with E-state index in [9.17, 15) is 4.57 Å². The van der Waals surface area contributed by atoms with Gasteiger partial charge in [-0.25, -0.2) is 9.97 Å². The molecule has 3 rings (SSSR count). The van der Waals surface area contributed by atoms with E-state index < -0.39 is 13.4 Å². The smallest absolute Gasteiger partial charge is 0.340 e. The van der Waals surface area contributed by atoms with Crippen LogP contribution in [0.4, 0.5) is 0 Å². The third-order valence-electron chi connectivity index (χ3n) is 3.38. The maximum absolute atomic E-state index is 13.3. The van der Waals surface area contributed by atoms with E-state index in [1.165, 1.54) is 0 Å². The second-order valence-corrected chi connectivity index (χ2v) is 6.98. The number of nitrogens with one attached hydrogen (secondary N) is 1. The molecule has 1 unspecified atom stereocenters. The Morgan fingerprint density at radius 3 is 2.61 bits per heavy atom. The van der Waals surface area contributed by atoms with E-state index in [4.69, 9.17) is 9.05 Å². The van der Waals surface area contributed by atoms with Crippen LogP contribution in [-0.2, 0) is 13.6 Å². The molecule has 0 bridgehead atoms. The van der Waals surface area contributed by atoms with E-state index in [-0.39, 0.29) is 13.2 Å². The van der Waals surface area contributed by atoms with Crippen molar-refractivity contribution in [3.8, 4) is 0 Å². The number of nitrogens with zero attached hydrogens (tertiary/aromatic N) is 3. The van der Waals surface area contributed by atoms with Crippen LogP contribution in [0.3, 0.4) is 0 Å². The van der Waals surface area contributed by atoms with Crippen molar-refractivity contribution in [2.45, 2.75) is 19.6 Å². The fraction of sp³-hybridized carbons (Fsp3) is 0.333. The predicted molar refractivity (Wildman–Crippen MR) is 87.3 cm³/mol. The SMILES string of the molecule is CCOP(=O)(OCC)C(c1nc2ccccc2[nH]1)n1ccnc1. The highest BCUT2D eigenvalue weighted by molar-refractivity contribution is 7.54. The number of rotatable bonds is 7. The van der Waals surface area contributed by atoms with Gasteiger partial charge in [0.1, 0.15) is 5.82 Å². The van der Waals surface area contributed by atoms with Gasteiger partial charge in [-0.2, -0.15) is 0 Å². The molecule has 0 aliphatic rings. The van der Waals surface area contributed by atoms with Gasteiger partial charge in [-0.3, -0.25) is 4.57 Å². The zero-order valence-corrected chi connectivity index (χ0v) is 13.9. The van der Waals surface area contributed by atoms with Gasteiger partial charge in [-0.05, 0) is 26.0 Å². The highest BCUT2D eigenvalue weighted by atomic mass is 31.2. The summed E-state index contributed by atoms with van der Waals surface area (Å²) in [6.07, 6.45) is 4.93. The summed E-state index contributed by atoms with van der Waals surface area (Å²) in [6, 6.07) is 7.64. The van der Waals surface area contributed by atoms with Crippen LogP contribution in [0.15, 0.2) is 43.0 Å². The van der Waals surface area contributed by atoms with E-state index >= 15 is 0 Å². The van der Waals surface area contributed by atoms with E-state index in [1.54, 1.807) is 37.1 Å². The Kier molecular flexibility index (Phi) is 4.61. The van der Waals surface area contributed by atoms with E-state index in [2.05, 4.69) is 15.0 Å². The van der Waals surface area contributed by atoms with Crippen LogP contribution in [0.2, 0.25) is 0 Å². The third-order valence-corrected chi connectivity index (χ3v) is 5.72. The van der Waals surface area contributed by atoms with Crippen molar-refractivity contribution in [1.29, 1.82) is 0 Å². The van der Waals surface area contributed by atoms with Crippen molar-refractivity contribution >= 4 is 18.6 Å². The number of fused-ring (bicyclic) bond motifs is 1.